The molecule has 0 fully saturated rings. The Morgan fingerprint density at radius 3 is 2.52 bits per heavy atom. The van der Waals surface area contributed by atoms with Crippen molar-refractivity contribution in [2.75, 3.05) is 40.0 Å². The van der Waals surface area contributed by atoms with Gasteiger partial charge in [0.05, 0.1) is 25.4 Å². The summed E-state index contributed by atoms with van der Waals surface area (Å²) in [6.07, 6.45) is 0. The second-order valence-electron chi connectivity index (χ2n) is 6.00. The lowest BCUT2D eigenvalue weighted by atomic mass is 9.90. The Morgan fingerprint density at radius 2 is 2.00 bits per heavy atom. The van der Waals surface area contributed by atoms with E-state index in [1.165, 1.54) is 0 Å². The standard InChI is InChI=1S/C18H29NO4/c1-6-23-16-8-7-15(13-14(16)2)17(21)18(3,4)19(9-11-20)10-12-22-5/h7-8,13,20H,6,9-12H2,1-5H3. The highest BCUT2D eigenvalue weighted by Crippen LogP contribution is 2.25. The Balaban J connectivity index is 3.01. The zero-order chi connectivity index (χ0) is 17.5. The maximum absolute atomic E-state index is 13.0. The second kappa shape index (κ2) is 9.01. The number of β-amino-alcohol motifs (C(OH)–C–C–N with tert-alkyl or cyclic N) is 1. The van der Waals surface area contributed by atoms with Crippen LogP contribution in [0.2, 0.25) is 0 Å². The molecule has 1 aromatic rings. The Kier molecular flexibility index (Phi) is 7.68. The first-order valence-electron chi connectivity index (χ1n) is 8.01. The van der Waals surface area contributed by atoms with Crippen LogP contribution in [0.1, 0.15) is 36.7 Å². The van der Waals surface area contributed by atoms with E-state index in [0.29, 0.717) is 31.9 Å². The number of carbonyl (C=O) groups excluding carboxylic acids is 1. The van der Waals surface area contributed by atoms with Gasteiger partial charge < -0.3 is 14.6 Å². The Bertz CT molecular complexity index is 514. The van der Waals surface area contributed by atoms with Gasteiger partial charge in [-0.3, -0.25) is 9.69 Å². The molecule has 0 aliphatic carbocycles. The van der Waals surface area contributed by atoms with Crippen molar-refractivity contribution in [3.8, 4) is 5.75 Å². The van der Waals surface area contributed by atoms with Crippen LogP contribution in [-0.2, 0) is 4.74 Å². The first-order chi connectivity index (χ1) is 10.9. The van der Waals surface area contributed by atoms with Gasteiger partial charge in [-0.1, -0.05) is 0 Å². The number of Topliss-reactive ketones (excluding diaryl/α,β-unsaturated/α-hetero) is 1. The number of hydrogen-bond acceptors (Lipinski definition) is 5. The molecule has 1 aromatic carbocycles. The van der Waals surface area contributed by atoms with Crippen LogP contribution in [0.4, 0.5) is 0 Å². The third-order valence-corrected chi connectivity index (χ3v) is 4.02. The summed E-state index contributed by atoms with van der Waals surface area (Å²) in [6, 6.07) is 5.51. The molecule has 0 heterocycles. The van der Waals surface area contributed by atoms with Crippen molar-refractivity contribution in [2.45, 2.75) is 33.2 Å². The number of ketones is 1. The lowest BCUT2D eigenvalue weighted by Gasteiger charge is -2.37. The van der Waals surface area contributed by atoms with Crippen molar-refractivity contribution in [1.82, 2.24) is 4.90 Å². The van der Waals surface area contributed by atoms with Gasteiger partial charge in [0.1, 0.15) is 5.75 Å². The van der Waals surface area contributed by atoms with Gasteiger partial charge in [-0.15, -0.1) is 0 Å². The number of rotatable bonds is 10. The van der Waals surface area contributed by atoms with Crippen molar-refractivity contribution in [3.63, 3.8) is 0 Å². The minimum Gasteiger partial charge on any atom is -0.494 e. The van der Waals surface area contributed by atoms with Crippen LogP contribution in [0.15, 0.2) is 18.2 Å². The van der Waals surface area contributed by atoms with Crippen LogP contribution >= 0.6 is 0 Å². The molecule has 0 spiro atoms. The Hall–Kier alpha value is -1.43. The highest BCUT2D eigenvalue weighted by atomic mass is 16.5. The maximum Gasteiger partial charge on any atom is 0.182 e. The Morgan fingerprint density at radius 1 is 1.30 bits per heavy atom. The fourth-order valence-electron chi connectivity index (χ4n) is 2.60. The highest BCUT2D eigenvalue weighted by molar-refractivity contribution is 6.03. The van der Waals surface area contributed by atoms with Gasteiger partial charge >= 0.3 is 0 Å². The van der Waals surface area contributed by atoms with E-state index in [1.54, 1.807) is 13.2 Å². The zero-order valence-corrected chi connectivity index (χ0v) is 14.9. The minimum absolute atomic E-state index is 0.00271. The smallest absolute Gasteiger partial charge is 0.182 e. The van der Waals surface area contributed by atoms with E-state index in [9.17, 15) is 9.90 Å². The van der Waals surface area contributed by atoms with Crippen LogP contribution in [-0.4, -0.2) is 61.3 Å². The molecule has 0 bridgehead atoms. The van der Waals surface area contributed by atoms with Gasteiger partial charge in [0.2, 0.25) is 0 Å². The summed E-state index contributed by atoms with van der Waals surface area (Å²) in [4.78, 5) is 14.9. The van der Waals surface area contributed by atoms with Crippen molar-refractivity contribution < 1.29 is 19.4 Å². The van der Waals surface area contributed by atoms with Crippen LogP contribution in [0.3, 0.4) is 0 Å². The highest BCUT2D eigenvalue weighted by Gasteiger charge is 2.34. The van der Waals surface area contributed by atoms with Gasteiger partial charge in [0.15, 0.2) is 5.78 Å². The van der Waals surface area contributed by atoms with Crippen LogP contribution < -0.4 is 4.74 Å². The largest absolute Gasteiger partial charge is 0.494 e. The predicted octanol–water partition coefficient (Wildman–Crippen LogP) is 2.30. The normalized spacial score (nSPS) is 11.8. The molecular formula is C18H29NO4. The predicted molar refractivity (Wildman–Crippen MR) is 91.3 cm³/mol. The van der Waals surface area contributed by atoms with Crippen molar-refractivity contribution in [1.29, 1.82) is 0 Å². The van der Waals surface area contributed by atoms with Gasteiger partial charge in [-0.05, 0) is 51.5 Å². The molecule has 0 saturated carbocycles. The third kappa shape index (κ3) is 5.03. The maximum atomic E-state index is 13.0. The number of methoxy groups -OCH3 is 1. The summed E-state index contributed by atoms with van der Waals surface area (Å²) >= 11 is 0. The van der Waals surface area contributed by atoms with E-state index in [2.05, 4.69) is 0 Å². The third-order valence-electron chi connectivity index (χ3n) is 4.02. The number of aliphatic hydroxyl groups is 1. The summed E-state index contributed by atoms with van der Waals surface area (Å²) in [5.74, 6) is 0.821. The van der Waals surface area contributed by atoms with Crippen LogP contribution in [0.25, 0.3) is 0 Å². The van der Waals surface area contributed by atoms with Gasteiger partial charge in [-0.25, -0.2) is 0 Å². The summed E-state index contributed by atoms with van der Waals surface area (Å²) in [7, 11) is 1.63. The second-order valence-corrected chi connectivity index (χ2v) is 6.00. The molecule has 5 heteroatoms. The van der Waals surface area contributed by atoms with Gasteiger partial charge in [0, 0.05) is 25.8 Å². The van der Waals surface area contributed by atoms with E-state index >= 15 is 0 Å². The number of carbonyl (C=O) groups is 1. The SMILES string of the molecule is CCOc1ccc(C(=O)C(C)(C)N(CCO)CCOC)cc1C. The van der Waals surface area contributed by atoms with Crippen molar-refractivity contribution in [2.24, 2.45) is 0 Å². The van der Waals surface area contributed by atoms with Crippen LogP contribution in [0, 0.1) is 6.92 Å². The molecule has 0 aliphatic rings. The number of nitrogens with zero attached hydrogens (tertiary/aromatic N) is 1. The summed E-state index contributed by atoms with van der Waals surface area (Å²) in [5.41, 5.74) is 0.872. The number of aryl methyl sites for hydroxylation is 1. The molecular weight excluding hydrogens is 294 g/mol. The van der Waals surface area contributed by atoms with Crippen molar-refractivity contribution in [3.05, 3.63) is 29.3 Å². The average Bonchev–Trinajstić information content (AvgIpc) is 2.52. The first-order valence-corrected chi connectivity index (χ1v) is 8.01. The summed E-state index contributed by atoms with van der Waals surface area (Å²) < 4.78 is 10.6. The molecule has 0 saturated heterocycles. The molecule has 0 aromatic heterocycles. The quantitative estimate of drug-likeness (QED) is 0.670. The topological polar surface area (TPSA) is 59.0 Å². The summed E-state index contributed by atoms with van der Waals surface area (Å²) in [6.45, 7) is 9.76. The molecule has 0 atom stereocenters. The van der Waals surface area contributed by atoms with E-state index in [1.807, 2.05) is 44.7 Å². The fraction of sp³-hybridized carbons (Fsp3) is 0.611. The first kappa shape index (κ1) is 19.6. The molecule has 1 N–H and O–H groups in total. The number of benzene rings is 1. The summed E-state index contributed by atoms with van der Waals surface area (Å²) in [5, 5.41) is 9.28. The average molecular weight is 323 g/mol. The van der Waals surface area contributed by atoms with Crippen molar-refractivity contribution >= 4 is 5.78 Å². The monoisotopic (exact) mass is 323 g/mol. The molecule has 0 amide bonds. The van der Waals surface area contributed by atoms with E-state index in [0.717, 1.165) is 11.3 Å². The number of hydrogen-bond donors (Lipinski definition) is 1. The van der Waals surface area contributed by atoms with E-state index < -0.39 is 5.54 Å². The molecule has 5 nitrogen and oxygen atoms in total. The molecule has 130 valence electrons. The number of aliphatic hydroxyl groups excluding tert-OH is 1. The molecule has 1 rings (SSSR count). The fourth-order valence-corrected chi connectivity index (χ4v) is 2.60. The zero-order valence-electron chi connectivity index (χ0n) is 14.9. The minimum atomic E-state index is -0.721. The van der Waals surface area contributed by atoms with Gasteiger partial charge in [-0.2, -0.15) is 0 Å². The molecule has 23 heavy (non-hydrogen) atoms. The van der Waals surface area contributed by atoms with Crippen LogP contribution in [0.5, 0.6) is 5.75 Å². The lowest BCUT2D eigenvalue weighted by molar-refractivity contribution is 0.0466. The number of ether oxygens (including phenoxy) is 2. The molecule has 0 unspecified atom stereocenters. The molecule has 0 aliphatic heterocycles. The van der Waals surface area contributed by atoms with E-state index in [4.69, 9.17) is 9.47 Å². The van der Waals surface area contributed by atoms with Gasteiger partial charge in [0.25, 0.3) is 0 Å². The van der Waals surface area contributed by atoms with E-state index in [-0.39, 0.29) is 12.4 Å². The Labute approximate surface area is 139 Å². The molecule has 0 radical (unpaired) electrons. The lowest BCUT2D eigenvalue weighted by Crippen LogP contribution is -2.52.